The topological polar surface area (TPSA) is 63.4 Å². The number of hydrogen-bond donors (Lipinski definition) is 0. The lowest BCUT2D eigenvalue weighted by Gasteiger charge is -2.31. The van der Waals surface area contributed by atoms with E-state index >= 15 is 0 Å². The number of halogens is 3. The molecule has 0 radical (unpaired) electrons. The third-order valence-electron chi connectivity index (χ3n) is 5.36. The Morgan fingerprint density at radius 3 is 2.70 bits per heavy atom. The molecule has 30 heavy (non-hydrogen) atoms. The standard InChI is InChI=1S/C21H22F3N5O/c1-13(2)16-10-18(21(22,23)24)29-19(26-16)11-17(27-29)14-6-5-9-28(12-14)20(30)15-7-3-4-8-25-15/h3-4,7-8,10-11,13-14H,5-6,9,12H2,1-2H3. The highest BCUT2D eigenvalue weighted by molar-refractivity contribution is 5.92. The van der Waals surface area contributed by atoms with E-state index in [1.807, 2.05) is 0 Å². The minimum absolute atomic E-state index is 0.143. The first-order valence-electron chi connectivity index (χ1n) is 9.92. The summed E-state index contributed by atoms with van der Waals surface area (Å²) in [6, 6.07) is 7.82. The summed E-state index contributed by atoms with van der Waals surface area (Å²) in [5.74, 6) is -0.479. The number of carbonyl (C=O) groups excluding carboxylic acids is 1. The zero-order valence-corrected chi connectivity index (χ0v) is 16.7. The zero-order chi connectivity index (χ0) is 21.5. The minimum Gasteiger partial charge on any atom is -0.337 e. The van der Waals surface area contributed by atoms with Gasteiger partial charge >= 0.3 is 6.18 Å². The van der Waals surface area contributed by atoms with E-state index in [9.17, 15) is 18.0 Å². The Kier molecular flexibility index (Phi) is 5.21. The van der Waals surface area contributed by atoms with Crippen molar-refractivity contribution < 1.29 is 18.0 Å². The van der Waals surface area contributed by atoms with Gasteiger partial charge in [-0.25, -0.2) is 9.50 Å². The van der Waals surface area contributed by atoms with Gasteiger partial charge in [-0.15, -0.1) is 0 Å². The zero-order valence-electron chi connectivity index (χ0n) is 16.7. The Bertz CT molecular complexity index is 1060. The van der Waals surface area contributed by atoms with Gasteiger partial charge < -0.3 is 4.90 Å². The van der Waals surface area contributed by atoms with Crippen LogP contribution in [0, 0.1) is 0 Å². The van der Waals surface area contributed by atoms with Crippen LogP contribution in [0.25, 0.3) is 5.65 Å². The van der Waals surface area contributed by atoms with E-state index in [2.05, 4.69) is 15.1 Å². The van der Waals surface area contributed by atoms with Crippen molar-refractivity contribution in [2.75, 3.05) is 13.1 Å². The molecule has 0 aliphatic carbocycles. The molecule has 1 fully saturated rings. The largest absolute Gasteiger partial charge is 0.433 e. The van der Waals surface area contributed by atoms with Crippen LogP contribution in [-0.4, -0.2) is 43.5 Å². The predicted molar refractivity (Wildman–Crippen MR) is 104 cm³/mol. The maximum Gasteiger partial charge on any atom is 0.433 e. The second-order valence-corrected chi connectivity index (χ2v) is 7.86. The van der Waals surface area contributed by atoms with E-state index in [4.69, 9.17) is 0 Å². The lowest BCUT2D eigenvalue weighted by molar-refractivity contribution is -0.142. The lowest BCUT2D eigenvalue weighted by atomic mass is 9.94. The van der Waals surface area contributed by atoms with Gasteiger partial charge in [-0.05, 0) is 37.0 Å². The van der Waals surface area contributed by atoms with Gasteiger partial charge in [0.1, 0.15) is 11.4 Å². The third kappa shape index (κ3) is 3.88. The molecule has 0 N–H and O–H groups in total. The Balaban J connectivity index is 1.66. The Morgan fingerprint density at radius 1 is 1.23 bits per heavy atom. The molecule has 0 saturated carbocycles. The molecule has 3 aromatic rings. The number of alkyl halides is 3. The van der Waals surface area contributed by atoms with E-state index in [-0.39, 0.29) is 23.4 Å². The lowest BCUT2D eigenvalue weighted by Crippen LogP contribution is -2.39. The van der Waals surface area contributed by atoms with Gasteiger partial charge in [0.2, 0.25) is 0 Å². The molecule has 9 heteroatoms. The second-order valence-electron chi connectivity index (χ2n) is 7.86. The molecular formula is C21H22F3N5O. The predicted octanol–water partition coefficient (Wildman–Crippen LogP) is 4.29. The van der Waals surface area contributed by atoms with Gasteiger partial charge in [0.05, 0.1) is 5.69 Å². The van der Waals surface area contributed by atoms with Crippen molar-refractivity contribution >= 4 is 11.6 Å². The molecule has 1 saturated heterocycles. The van der Waals surface area contributed by atoms with Gasteiger partial charge in [-0.3, -0.25) is 9.78 Å². The summed E-state index contributed by atoms with van der Waals surface area (Å²) in [5, 5.41) is 4.25. The van der Waals surface area contributed by atoms with Crippen molar-refractivity contribution in [2.45, 2.75) is 44.7 Å². The molecule has 4 heterocycles. The molecule has 0 spiro atoms. The van der Waals surface area contributed by atoms with Gasteiger partial charge in [0.25, 0.3) is 5.91 Å². The molecule has 4 rings (SSSR count). The highest BCUT2D eigenvalue weighted by Gasteiger charge is 2.36. The SMILES string of the molecule is CC(C)c1cc(C(F)(F)F)n2nc(C3CCCN(C(=O)c4ccccn4)C3)cc2n1. The van der Waals surface area contributed by atoms with Crippen LogP contribution >= 0.6 is 0 Å². The number of hydrogen-bond acceptors (Lipinski definition) is 4. The molecule has 1 aliphatic heterocycles. The van der Waals surface area contributed by atoms with E-state index < -0.39 is 11.9 Å². The number of likely N-dealkylation sites (tertiary alicyclic amines) is 1. The number of nitrogens with zero attached hydrogens (tertiary/aromatic N) is 5. The quantitative estimate of drug-likeness (QED) is 0.638. The summed E-state index contributed by atoms with van der Waals surface area (Å²) >= 11 is 0. The molecule has 1 amide bonds. The van der Waals surface area contributed by atoms with E-state index in [1.54, 1.807) is 49.2 Å². The van der Waals surface area contributed by atoms with Crippen LogP contribution in [0.1, 0.15) is 66.1 Å². The summed E-state index contributed by atoms with van der Waals surface area (Å²) in [7, 11) is 0. The fraction of sp³-hybridized carbons (Fsp3) is 0.429. The van der Waals surface area contributed by atoms with Crippen molar-refractivity contribution in [1.82, 2.24) is 24.5 Å². The highest BCUT2D eigenvalue weighted by atomic mass is 19.4. The smallest absolute Gasteiger partial charge is 0.337 e. The molecule has 3 aromatic heterocycles. The number of piperidine rings is 1. The van der Waals surface area contributed by atoms with E-state index in [0.717, 1.165) is 23.4 Å². The number of aromatic nitrogens is 4. The van der Waals surface area contributed by atoms with Gasteiger partial charge in [-0.1, -0.05) is 19.9 Å². The molecule has 1 atom stereocenters. The van der Waals surface area contributed by atoms with Crippen molar-refractivity contribution in [1.29, 1.82) is 0 Å². The molecular weight excluding hydrogens is 395 g/mol. The van der Waals surface area contributed by atoms with Crippen LogP contribution in [0.2, 0.25) is 0 Å². The number of fused-ring (bicyclic) bond motifs is 1. The number of carbonyl (C=O) groups is 1. The number of rotatable bonds is 3. The average molecular weight is 417 g/mol. The molecule has 1 aliphatic rings. The van der Waals surface area contributed by atoms with Gasteiger partial charge in [0.15, 0.2) is 5.65 Å². The highest BCUT2D eigenvalue weighted by Crippen LogP contribution is 2.33. The van der Waals surface area contributed by atoms with Gasteiger partial charge in [-0.2, -0.15) is 18.3 Å². The minimum atomic E-state index is -4.54. The summed E-state index contributed by atoms with van der Waals surface area (Å²) < 4.78 is 41.7. The number of amides is 1. The maximum atomic E-state index is 13.6. The fourth-order valence-electron chi connectivity index (χ4n) is 3.76. The summed E-state index contributed by atoms with van der Waals surface area (Å²) in [5.41, 5.74) is 0.594. The molecule has 158 valence electrons. The van der Waals surface area contributed by atoms with Crippen LogP contribution in [-0.2, 0) is 6.18 Å². The normalized spacial score (nSPS) is 17.7. The van der Waals surface area contributed by atoms with Gasteiger partial charge in [0, 0.05) is 37.0 Å². The van der Waals surface area contributed by atoms with Crippen molar-refractivity contribution in [3.63, 3.8) is 0 Å². The Morgan fingerprint density at radius 2 is 2.03 bits per heavy atom. The van der Waals surface area contributed by atoms with E-state index in [1.165, 1.54) is 0 Å². The Labute approximate surface area is 171 Å². The summed E-state index contributed by atoms with van der Waals surface area (Å²) in [4.78, 5) is 22.9. The summed E-state index contributed by atoms with van der Waals surface area (Å²) in [6.45, 7) is 4.58. The van der Waals surface area contributed by atoms with Crippen molar-refractivity contribution in [3.8, 4) is 0 Å². The van der Waals surface area contributed by atoms with Crippen LogP contribution in [0.4, 0.5) is 13.2 Å². The molecule has 6 nitrogen and oxygen atoms in total. The Hall–Kier alpha value is -2.97. The maximum absolute atomic E-state index is 13.6. The van der Waals surface area contributed by atoms with E-state index in [0.29, 0.717) is 30.2 Å². The van der Waals surface area contributed by atoms with Crippen molar-refractivity contribution in [3.05, 3.63) is 59.3 Å². The first-order valence-corrected chi connectivity index (χ1v) is 9.92. The first-order chi connectivity index (χ1) is 14.2. The monoisotopic (exact) mass is 417 g/mol. The first kappa shape index (κ1) is 20.3. The third-order valence-corrected chi connectivity index (χ3v) is 5.36. The van der Waals surface area contributed by atoms with Crippen LogP contribution in [0.15, 0.2) is 36.5 Å². The summed E-state index contributed by atoms with van der Waals surface area (Å²) in [6.07, 6.45) is -1.49. The fourth-order valence-corrected chi connectivity index (χ4v) is 3.76. The molecule has 0 bridgehead atoms. The molecule has 0 aromatic carbocycles. The van der Waals surface area contributed by atoms with Crippen LogP contribution in [0.5, 0.6) is 0 Å². The van der Waals surface area contributed by atoms with Crippen LogP contribution in [0.3, 0.4) is 0 Å². The average Bonchev–Trinajstić information content (AvgIpc) is 3.16. The van der Waals surface area contributed by atoms with Crippen molar-refractivity contribution in [2.24, 2.45) is 0 Å². The number of pyridine rings is 1. The van der Waals surface area contributed by atoms with Crippen LogP contribution < -0.4 is 0 Å². The second kappa shape index (κ2) is 7.70. The molecule has 1 unspecified atom stereocenters.